The van der Waals surface area contributed by atoms with E-state index in [1.165, 1.54) is 0 Å². The molecule has 1 heterocycles. The molecule has 0 aliphatic carbocycles. The lowest BCUT2D eigenvalue weighted by Crippen LogP contribution is -2.29. The highest BCUT2D eigenvalue weighted by atomic mass is 16.5. The molecule has 21 heavy (non-hydrogen) atoms. The van der Waals surface area contributed by atoms with Gasteiger partial charge in [0.1, 0.15) is 18.1 Å². The van der Waals surface area contributed by atoms with Crippen LogP contribution < -0.4 is 10.2 Å². The third kappa shape index (κ3) is 2.77. The van der Waals surface area contributed by atoms with Gasteiger partial charge in [-0.05, 0) is 23.7 Å². The van der Waals surface area contributed by atoms with E-state index in [-0.39, 0.29) is 0 Å². The van der Waals surface area contributed by atoms with Gasteiger partial charge in [-0.15, -0.1) is 0 Å². The van der Waals surface area contributed by atoms with Gasteiger partial charge in [0.05, 0.1) is 5.52 Å². The SMILES string of the molecule is Cn1nc(COc2cccc(B(O)O)c2)c2ccccc21. The number of aromatic nitrogens is 2. The number of para-hydroxylation sites is 1. The Morgan fingerprint density at radius 2 is 1.95 bits per heavy atom. The van der Waals surface area contributed by atoms with Gasteiger partial charge in [-0.25, -0.2) is 0 Å². The third-order valence-corrected chi connectivity index (χ3v) is 3.37. The lowest BCUT2D eigenvalue weighted by atomic mass is 9.80. The van der Waals surface area contributed by atoms with Crippen LogP contribution in [0.25, 0.3) is 10.9 Å². The summed E-state index contributed by atoms with van der Waals surface area (Å²) >= 11 is 0. The zero-order valence-electron chi connectivity index (χ0n) is 11.6. The number of hydrogen-bond acceptors (Lipinski definition) is 4. The smallest absolute Gasteiger partial charge is 0.487 e. The van der Waals surface area contributed by atoms with E-state index in [1.807, 2.05) is 36.0 Å². The Morgan fingerprint density at radius 1 is 1.14 bits per heavy atom. The van der Waals surface area contributed by atoms with Crippen molar-refractivity contribution >= 4 is 23.5 Å². The van der Waals surface area contributed by atoms with Gasteiger partial charge in [0.15, 0.2) is 0 Å². The first-order chi connectivity index (χ1) is 10.1. The predicted octanol–water partition coefficient (Wildman–Crippen LogP) is 0.832. The molecule has 0 aliphatic rings. The van der Waals surface area contributed by atoms with E-state index in [0.29, 0.717) is 17.8 Å². The zero-order chi connectivity index (χ0) is 14.8. The minimum atomic E-state index is -1.50. The zero-order valence-corrected chi connectivity index (χ0v) is 11.6. The summed E-state index contributed by atoms with van der Waals surface area (Å²) in [5, 5.41) is 23.8. The summed E-state index contributed by atoms with van der Waals surface area (Å²) in [5.74, 6) is 0.579. The number of rotatable bonds is 4. The molecule has 2 N–H and O–H groups in total. The van der Waals surface area contributed by atoms with Gasteiger partial charge < -0.3 is 14.8 Å². The Kier molecular flexibility index (Phi) is 3.64. The van der Waals surface area contributed by atoms with Gasteiger partial charge in [0.2, 0.25) is 0 Å². The van der Waals surface area contributed by atoms with Gasteiger partial charge in [0, 0.05) is 12.4 Å². The molecule has 0 bridgehead atoms. The highest BCUT2D eigenvalue weighted by molar-refractivity contribution is 6.58. The molecule has 0 saturated heterocycles. The van der Waals surface area contributed by atoms with E-state index in [2.05, 4.69) is 5.10 Å². The van der Waals surface area contributed by atoms with E-state index < -0.39 is 7.12 Å². The summed E-state index contributed by atoms with van der Waals surface area (Å²) in [6.07, 6.45) is 0. The first kappa shape index (κ1) is 13.7. The van der Waals surface area contributed by atoms with Crippen molar-refractivity contribution in [3.05, 3.63) is 54.2 Å². The Bertz CT molecular complexity index is 770. The van der Waals surface area contributed by atoms with Gasteiger partial charge >= 0.3 is 7.12 Å². The fourth-order valence-electron chi connectivity index (χ4n) is 2.31. The average Bonchev–Trinajstić information content (AvgIpc) is 2.82. The second-order valence-electron chi connectivity index (χ2n) is 4.82. The average molecular weight is 282 g/mol. The summed E-state index contributed by atoms with van der Waals surface area (Å²) in [6.45, 7) is 0.326. The minimum absolute atomic E-state index is 0.326. The van der Waals surface area contributed by atoms with E-state index >= 15 is 0 Å². The molecule has 6 heteroatoms. The van der Waals surface area contributed by atoms with Crippen LogP contribution >= 0.6 is 0 Å². The summed E-state index contributed by atoms with van der Waals surface area (Å²) in [4.78, 5) is 0. The standard InChI is InChI=1S/C15H15BN2O3/c1-18-15-8-3-2-7-13(15)14(17-18)10-21-12-6-4-5-11(9-12)16(19)20/h2-9,19-20H,10H2,1H3. The predicted molar refractivity (Wildman–Crippen MR) is 81.3 cm³/mol. The molecule has 0 unspecified atom stereocenters. The summed E-state index contributed by atoms with van der Waals surface area (Å²) in [7, 11) is 0.401. The topological polar surface area (TPSA) is 67.5 Å². The number of ether oxygens (including phenoxy) is 1. The second kappa shape index (κ2) is 5.59. The number of nitrogens with zero attached hydrogens (tertiary/aromatic N) is 2. The maximum absolute atomic E-state index is 9.16. The van der Waals surface area contributed by atoms with Crippen LogP contribution in [-0.4, -0.2) is 26.9 Å². The fourth-order valence-corrected chi connectivity index (χ4v) is 2.31. The Labute approximate surface area is 122 Å². The maximum atomic E-state index is 9.16. The van der Waals surface area contributed by atoms with Crippen molar-refractivity contribution in [1.82, 2.24) is 9.78 Å². The molecule has 106 valence electrons. The lowest BCUT2D eigenvalue weighted by Gasteiger charge is -2.06. The summed E-state index contributed by atoms with van der Waals surface area (Å²) < 4.78 is 7.53. The highest BCUT2D eigenvalue weighted by Crippen LogP contribution is 2.19. The number of fused-ring (bicyclic) bond motifs is 1. The number of aryl methyl sites for hydroxylation is 1. The van der Waals surface area contributed by atoms with Crippen molar-refractivity contribution in [2.75, 3.05) is 0 Å². The second-order valence-corrected chi connectivity index (χ2v) is 4.82. The van der Waals surface area contributed by atoms with Crippen molar-refractivity contribution in [2.24, 2.45) is 7.05 Å². The monoisotopic (exact) mass is 282 g/mol. The molecule has 0 radical (unpaired) electrons. The molecule has 3 rings (SSSR count). The molecule has 0 spiro atoms. The van der Waals surface area contributed by atoms with Crippen molar-refractivity contribution in [3.63, 3.8) is 0 Å². The van der Waals surface area contributed by atoms with Crippen LogP contribution in [0.3, 0.4) is 0 Å². The molecule has 5 nitrogen and oxygen atoms in total. The van der Waals surface area contributed by atoms with E-state index in [9.17, 15) is 0 Å². The summed E-state index contributed by atoms with van der Waals surface area (Å²) in [6, 6.07) is 14.7. The molecule has 0 atom stereocenters. The van der Waals surface area contributed by atoms with E-state index in [1.54, 1.807) is 24.3 Å². The normalized spacial score (nSPS) is 10.8. The Hall–Kier alpha value is -2.31. The molecule has 0 amide bonds. The fraction of sp³-hybridized carbons (Fsp3) is 0.133. The first-order valence-electron chi connectivity index (χ1n) is 6.64. The van der Waals surface area contributed by atoms with E-state index in [4.69, 9.17) is 14.8 Å². The van der Waals surface area contributed by atoms with Crippen LogP contribution in [0.1, 0.15) is 5.69 Å². The van der Waals surface area contributed by atoms with Gasteiger partial charge in [-0.1, -0.05) is 30.3 Å². The third-order valence-electron chi connectivity index (χ3n) is 3.37. The minimum Gasteiger partial charge on any atom is -0.487 e. The van der Waals surface area contributed by atoms with Crippen molar-refractivity contribution in [3.8, 4) is 5.75 Å². The molecule has 0 fully saturated rings. The molecular formula is C15H15BN2O3. The van der Waals surface area contributed by atoms with Crippen LogP contribution in [0.2, 0.25) is 0 Å². The molecule has 0 saturated carbocycles. The largest absolute Gasteiger partial charge is 0.488 e. The van der Waals surface area contributed by atoms with E-state index in [0.717, 1.165) is 16.6 Å². The molecular weight excluding hydrogens is 267 g/mol. The van der Waals surface area contributed by atoms with Crippen LogP contribution in [0, 0.1) is 0 Å². The van der Waals surface area contributed by atoms with Crippen LogP contribution in [0.4, 0.5) is 0 Å². The molecule has 3 aromatic rings. The Balaban J connectivity index is 1.82. The Morgan fingerprint density at radius 3 is 2.76 bits per heavy atom. The van der Waals surface area contributed by atoms with Crippen LogP contribution in [0.5, 0.6) is 5.75 Å². The first-order valence-corrected chi connectivity index (χ1v) is 6.64. The van der Waals surface area contributed by atoms with Gasteiger partial charge in [0.25, 0.3) is 0 Å². The van der Waals surface area contributed by atoms with Gasteiger partial charge in [-0.2, -0.15) is 5.10 Å². The highest BCUT2D eigenvalue weighted by Gasteiger charge is 2.12. The molecule has 2 aromatic carbocycles. The number of benzene rings is 2. The van der Waals surface area contributed by atoms with Crippen LogP contribution in [-0.2, 0) is 13.7 Å². The molecule has 1 aromatic heterocycles. The van der Waals surface area contributed by atoms with Crippen molar-refractivity contribution < 1.29 is 14.8 Å². The maximum Gasteiger partial charge on any atom is 0.488 e. The lowest BCUT2D eigenvalue weighted by molar-refractivity contribution is 0.301. The number of hydrogen-bond donors (Lipinski definition) is 2. The van der Waals surface area contributed by atoms with Crippen molar-refractivity contribution in [2.45, 2.75) is 6.61 Å². The van der Waals surface area contributed by atoms with Gasteiger partial charge in [-0.3, -0.25) is 4.68 Å². The van der Waals surface area contributed by atoms with Crippen LogP contribution in [0.15, 0.2) is 48.5 Å². The van der Waals surface area contributed by atoms with Crippen molar-refractivity contribution in [1.29, 1.82) is 0 Å². The summed E-state index contributed by atoms with van der Waals surface area (Å²) in [5.41, 5.74) is 2.30. The molecule has 0 aliphatic heterocycles. The quantitative estimate of drug-likeness (QED) is 0.696.